The molecular formula is C14H21NOS. The smallest absolute Gasteiger partial charge is 0.129 e. The molecule has 3 heteroatoms. The van der Waals surface area contributed by atoms with E-state index in [2.05, 4.69) is 20.8 Å². The van der Waals surface area contributed by atoms with Crippen molar-refractivity contribution >= 4 is 17.2 Å². The van der Waals surface area contributed by atoms with Crippen LogP contribution in [-0.2, 0) is 0 Å². The number of nitrogens with two attached hydrogens (primary N) is 1. The maximum atomic E-state index is 5.79. The topological polar surface area (TPSA) is 35.2 Å². The number of benzene rings is 1. The van der Waals surface area contributed by atoms with E-state index in [4.69, 9.17) is 22.7 Å². The van der Waals surface area contributed by atoms with Crippen molar-refractivity contribution in [2.75, 3.05) is 6.61 Å². The highest BCUT2D eigenvalue weighted by molar-refractivity contribution is 7.80. The first-order valence-electron chi connectivity index (χ1n) is 5.83. The predicted octanol–water partition coefficient (Wildman–Crippen LogP) is 3.44. The van der Waals surface area contributed by atoms with Crippen LogP contribution in [0.5, 0.6) is 5.75 Å². The summed E-state index contributed by atoms with van der Waals surface area (Å²) in [7, 11) is 0. The van der Waals surface area contributed by atoms with Crippen LogP contribution < -0.4 is 10.5 Å². The van der Waals surface area contributed by atoms with Gasteiger partial charge in [-0.05, 0) is 36.5 Å². The highest BCUT2D eigenvalue weighted by Crippen LogP contribution is 2.23. The van der Waals surface area contributed by atoms with E-state index >= 15 is 0 Å². The molecule has 0 aliphatic heterocycles. The fourth-order valence-electron chi connectivity index (χ4n) is 1.42. The van der Waals surface area contributed by atoms with Crippen molar-refractivity contribution in [3.8, 4) is 5.75 Å². The van der Waals surface area contributed by atoms with Crippen molar-refractivity contribution < 1.29 is 4.74 Å². The molecule has 2 nitrogen and oxygen atoms in total. The minimum Gasteiger partial charge on any atom is -0.493 e. The van der Waals surface area contributed by atoms with Crippen LogP contribution in [0.2, 0.25) is 0 Å². The van der Waals surface area contributed by atoms with Gasteiger partial charge in [-0.3, -0.25) is 0 Å². The van der Waals surface area contributed by atoms with Gasteiger partial charge in [-0.25, -0.2) is 0 Å². The lowest BCUT2D eigenvalue weighted by Gasteiger charge is -2.19. The Morgan fingerprint density at radius 2 is 2.00 bits per heavy atom. The predicted molar refractivity (Wildman–Crippen MR) is 76.6 cm³/mol. The molecule has 1 rings (SSSR count). The van der Waals surface area contributed by atoms with Crippen molar-refractivity contribution in [1.29, 1.82) is 0 Å². The Kier molecular flexibility index (Phi) is 4.52. The van der Waals surface area contributed by atoms with E-state index in [1.165, 1.54) is 0 Å². The lowest BCUT2D eigenvalue weighted by Crippen LogP contribution is -2.15. The van der Waals surface area contributed by atoms with E-state index < -0.39 is 0 Å². The van der Waals surface area contributed by atoms with Crippen molar-refractivity contribution in [3.63, 3.8) is 0 Å². The summed E-state index contributed by atoms with van der Waals surface area (Å²) in [6, 6.07) is 5.90. The lowest BCUT2D eigenvalue weighted by atomic mass is 9.93. The molecule has 0 amide bonds. The molecule has 0 bridgehead atoms. The Labute approximate surface area is 109 Å². The van der Waals surface area contributed by atoms with Gasteiger partial charge in [0.05, 0.1) is 12.2 Å². The largest absolute Gasteiger partial charge is 0.493 e. The van der Waals surface area contributed by atoms with Gasteiger partial charge in [0.2, 0.25) is 0 Å². The molecule has 1 aromatic rings. The van der Waals surface area contributed by atoms with Gasteiger partial charge in [-0.15, -0.1) is 0 Å². The fourth-order valence-corrected chi connectivity index (χ4v) is 1.59. The Bertz CT molecular complexity index is 407. The fraction of sp³-hybridized carbons (Fsp3) is 0.500. The highest BCUT2D eigenvalue weighted by Gasteiger charge is 2.12. The van der Waals surface area contributed by atoms with Gasteiger partial charge in [-0.1, -0.05) is 39.1 Å². The SMILES string of the molecule is Cc1ccc(C(N)=S)c(OCCC(C)(C)C)c1. The molecule has 0 saturated heterocycles. The molecule has 17 heavy (non-hydrogen) atoms. The zero-order valence-electron chi connectivity index (χ0n) is 11.0. The maximum Gasteiger partial charge on any atom is 0.129 e. The first-order valence-corrected chi connectivity index (χ1v) is 6.24. The van der Waals surface area contributed by atoms with E-state index in [0.29, 0.717) is 11.6 Å². The second kappa shape index (κ2) is 5.50. The zero-order chi connectivity index (χ0) is 13.1. The third kappa shape index (κ3) is 4.73. The van der Waals surface area contributed by atoms with Crippen LogP contribution in [0.4, 0.5) is 0 Å². The van der Waals surface area contributed by atoms with Gasteiger partial charge in [0.25, 0.3) is 0 Å². The summed E-state index contributed by atoms with van der Waals surface area (Å²) in [5, 5.41) is 0. The third-order valence-electron chi connectivity index (χ3n) is 2.51. The van der Waals surface area contributed by atoms with Crippen molar-refractivity contribution in [3.05, 3.63) is 29.3 Å². The zero-order valence-corrected chi connectivity index (χ0v) is 11.9. The van der Waals surface area contributed by atoms with Gasteiger partial charge < -0.3 is 10.5 Å². The van der Waals surface area contributed by atoms with Crippen LogP contribution in [0.15, 0.2) is 18.2 Å². The standard InChI is InChI=1S/C14H21NOS/c1-10-5-6-11(13(15)17)12(9-10)16-8-7-14(2,3)4/h5-6,9H,7-8H2,1-4H3,(H2,15,17). The van der Waals surface area contributed by atoms with Gasteiger partial charge in [0.1, 0.15) is 10.7 Å². The van der Waals surface area contributed by atoms with Crippen LogP contribution in [0.25, 0.3) is 0 Å². The average molecular weight is 251 g/mol. The molecule has 94 valence electrons. The van der Waals surface area contributed by atoms with E-state index in [1.807, 2.05) is 25.1 Å². The number of ether oxygens (including phenoxy) is 1. The number of hydrogen-bond donors (Lipinski definition) is 1. The molecule has 1 aromatic carbocycles. The Balaban J connectivity index is 2.75. The summed E-state index contributed by atoms with van der Waals surface area (Å²) < 4.78 is 5.79. The molecule has 0 saturated carbocycles. The van der Waals surface area contributed by atoms with E-state index in [0.717, 1.165) is 23.3 Å². The summed E-state index contributed by atoms with van der Waals surface area (Å²) >= 11 is 5.01. The summed E-state index contributed by atoms with van der Waals surface area (Å²) in [6.07, 6.45) is 0.998. The van der Waals surface area contributed by atoms with Gasteiger partial charge >= 0.3 is 0 Å². The Hall–Kier alpha value is -1.09. The Morgan fingerprint density at radius 1 is 1.35 bits per heavy atom. The molecule has 0 spiro atoms. The minimum atomic E-state index is 0.271. The molecule has 0 radical (unpaired) electrons. The number of hydrogen-bond acceptors (Lipinski definition) is 2. The van der Waals surface area contributed by atoms with E-state index in [1.54, 1.807) is 0 Å². The summed E-state index contributed by atoms with van der Waals surface area (Å²) in [5.74, 6) is 0.793. The molecule has 0 unspecified atom stereocenters. The second-order valence-corrected chi connectivity index (χ2v) is 5.96. The van der Waals surface area contributed by atoms with E-state index in [-0.39, 0.29) is 5.41 Å². The molecule has 0 aliphatic carbocycles. The van der Waals surface area contributed by atoms with Crippen LogP contribution in [0, 0.1) is 12.3 Å². The highest BCUT2D eigenvalue weighted by atomic mass is 32.1. The number of rotatable bonds is 4. The molecule has 0 aliphatic rings. The summed E-state index contributed by atoms with van der Waals surface area (Å²) in [5.41, 5.74) is 7.91. The molecule has 0 atom stereocenters. The quantitative estimate of drug-likeness (QED) is 0.833. The first kappa shape index (κ1) is 14.0. The third-order valence-corrected chi connectivity index (χ3v) is 2.73. The lowest BCUT2D eigenvalue weighted by molar-refractivity contribution is 0.242. The molecule has 0 fully saturated rings. The van der Waals surface area contributed by atoms with Crippen LogP contribution in [0.3, 0.4) is 0 Å². The van der Waals surface area contributed by atoms with Gasteiger partial charge in [0.15, 0.2) is 0 Å². The molecular weight excluding hydrogens is 230 g/mol. The minimum absolute atomic E-state index is 0.271. The van der Waals surface area contributed by atoms with Crippen molar-refractivity contribution in [2.45, 2.75) is 34.1 Å². The normalized spacial score (nSPS) is 11.3. The van der Waals surface area contributed by atoms with Crippen molar-refractivity contribution in [2.24, 2.45) is 11.1 Å². The number of aryl methyl sites for hydroxylation is 1. The van der Waals surface area contributed by atoms with E-state index in [9.17, 15) is 0 Å². The van der Waals surface area contributed by atoms with Crippen molar-refractivity contribution in [1.82, 2.24) is 0 Å². The summed E-state index contributed by atoms with van der Waals surface area (Å²) in [6.45, 7) is 9.30. The maximum absolute atomic E-state index is 5.79. The Morgan fingerprint density at radius 3 is 2.53 bits per heavy atom. The molecule has 0 aromatic heterocycles. The first-order chi connectivity index (χ1) is 7.79. The number of thiocarbonyl (C=S) groups is 1. The molecule has 0 heterocycles. The molecule has 2 N–H and O–H groups in total. The van der Waals surface area contributed by atoms with Crippen LogP contribution in [0.1, 0.15) is 38.3 Å². The van der Waals surface area contributed by atoms with Gasteiger partial charge in [0, 0.05) is 0 Å². The van der Waals surface area contributed by atoms with Crippen LogP contribution in [-0.4, -0.2) is 11.6 Å². The van der Waals surface area contributed by atoms with Gasteiger partial charge in [-0.2, -0.15) is 0 Å². The monoisotopic (exact) mass is 251 g/mol. The summed E-state index contributed by atoms with van der Waals surface area (Å²) in [4.78, 5) is 0.385. The second-order valence-electron chi connectivity index (χ2n) is 5.52. The average Bonchev–Trinajstić information content (AvgIpc) is 2.15. The van der Waals surface area contributed by atoms with Crippen LogP contribution >= 0.6 is 12.2 Å².